The van der Waals surface area contributed by atoms with Gasteiger partial charge in [-0.1, -0.05) is 27.7 Å². The fourth-order valence-corrected chi connectivity index (χ4v) is 33.0. The van der Waals surface area contributed by atoms with E-state index < -0.39 is 135 Å². The number of sulfone groups is 6. The molecule has 8 heterocycles. The van der Waals surface area contributed by atoms with Crippen LogP contribution in [0.4, 0.5) is 0 Å². The van der Waals surface area contributed by atoms with E-state index in [1.165, 1.54) is 24.3 Å². The first-order chi connectivity index (χ1) is 43.9. The lowest BCUT2D eigenvalue weighted by Crippen LogP contribution is -2.43. The van der Waals surface area contributed by atoms with Crippen LogP contribution in [0.1, 0.15) is 147 Å². The van der Waals surface area contributed by atoms with Gasteiger partial charge >= 0.3 is 0 Å². The smallest absolute Gasteiger partial charge is 0.250 e. The van der Waals surface area contributed by atoms with Crippen molar-refractivity contribution >= 4 is 124 Å². The van der Waals surface area contributed by atoms with Gasteiger partial charge in [0.15, 0.2) is 59.0 Å². The number of hydrogen-bond donors (Lipinski definition) is 6. The van der Waals surface area contributed by atoms with E-state index in [2.05, 4.69) is 30.7 Å². The highest BCUT2D eigenvalue weighted by molar-refractivity contribution is 7.98. The lowest BCUT2D eigenvalue weighted by atomic mass is 9.92. The molecule has 0 aliphatic carbocycles. The summed E-state index contributed by atoms with van der Waals surface area (Å²) in [6.45, 7) is 14.5. The predicted octanol–water partition coefficient (Wildman–Crippen LogP) is 5.23. The fraction of sp³-hybridized carbons (Fsp3) is 0.714. The second-order valence-electron chi connectivity index (χ2n) is 24.8. The van der Waals surface area contributed by atoms with Gasteiger partial charge in [-0.3, -0.25) is 0 Å². The van der Waals surface area contributed by atoms with Gasteiger partial charge in [-0.2, -0.15) is 0 Å². The Balaban J connectivity index is 1.01. The molecule has 0 aromatic carbocycles. The molecule has 0 amide bonds. The van der Waals surface area contributed by atoms with Crippen LogP contribution in [0.25, 0.3) is 0 Å². The van der Waals surface area contributed by atoms with Gasteiger partial charge in [0.2, 0.25) is 20.0 Å². The monoisotopic (exact) mass is 1550 g/mol. The molecule has 7 atom stereocenters. The maximum atomic E-state index is 14.0. The lowest BCUT2D eigenvalue weighted by molar-refractivity contribution is -0.105. The molecule has 0 spiro atoms. The van der Waals surface area contributed by atoms with Crippen molar-refractivity contribution in [3.8, 4) is 0 Å². The normalized spacial score (nSPS) is 23.9. The first-order valence-corrected chi connectivity index (χ1v) is 46.7. The minimum atomic E-state index is -4.31. The maximum absolute atomic E-state index is 14.0. The number of nitrogens with one attached hydrogen (secondary N) is 6. The van der Waals surface area contributed by atoms with Crippen LogP contribution in [0.2, 0.25) is 0 Å². The highest BCUT2D eigenvalue weighted by atomic mass is 32.3. The van der Waals surface area contributed by atoms with Crippen molar-refractivity contribution in [1.82, 2.24) is 30.7 Å². The quantitative estimate of drug-likeness (QED) is 0.0318. The van der Waals surface area contributed by atoms with Gasteiger partial charge in [-0.15, -0.1) is 45.3 Å². The molecule has 4 aliphatic rings. The Kier molecular flexibility index (Phi) is 25.4. The average Bonchev–Trinajstić information content (AvgIpc) is 1.52. The molecule has 38 heteroatoms. The minimum absolute atomic E-state index is 0.000171. The molecule has 8 rings (SSSR count). The summed E-state index contributed by atoms with van der Waals surface area (Å²) in [7, 11) is -32.1. The summed E-state index contributed by atoms with van der Waals surface area (Å²) < 4.78 is 247. The highest BCUT2D eigenvalue weighted by Crippen LogP contribution is 2.49. The number of sulfonamides is 2. The summed E-state index contributed by atoms with van der Waals surface area (Å²) >= 11 is 2.70. The van der Waals surface area contributed by atoms with E-state index in [4.69, 9.17) is 18.9 Å². The Labute approximate surface area is 571 Å². The zero-order valence-corrected chi connectivity index (χ0v) is 63.8. The van der Waals surface area contributed by atoms with Gasteiger partial charge in [0.25, 0.3) is 0 Å². The molecule has 0 radical (unpaired) electrons. The number of hydrogen-bond acceptors (Lipinski definition) is 28. The highest BCUT2D eigenvalue weighted by Gasteiger charge is 2.48. The SMILES string of the molecule is CCN[C@H]1C[C@H](C)S(=O)(=O)c2sc(S(=O)(=O)CCCOCC(COCCCS(=O)(=O)c3cc4c(s3)S(=O)(=O)C(C)(C)C[C@@H]4NCC)(COCCNS(=O)(=O)c3cc4c(s3)S(=O)(=O)[C@@H](C)C[C@@H]4NCC)COCCNS(=O)(=O)c3cc4c(s3)S(=O)(=O)[C@@H](C)C[C@@H]4NCC)cc21. The van der Waals surface area contributed by atoms with E-state index in [0.717, 1.165) is 0 Å². The summed E-state index contributed by atoms with van der Waals surface area (Å²) in [5.41, 5.74) is 0.104. The Bertz CT molecular complexity index is 3980. The number of rotatable bonds is 36. The van der Waals surface area contributed by atoms with Crippen molar-refractivity contribution in [2.45, 2.75) is 179 Å². The van der Waals surface area contributed by atoms with Crippen molar-refractivity contribution in [2.75, 3.05) is 104 Å². The molecule has 0 unspecified atom stereocenters. The van der Waals surface area contributed by atoms with Gasteiger partial charge in [0.1, 0.15) is 33.7 Å². The van der Waals surface area contributed by atoms with Crippen molar-refractivity contribution < 1.29 is 86.3 Å². The molecule has 0 saturated heterocycles. The first-order valence-electron chi connectivity index (χ1n) is 31.1. The van der Waals surface area contributed by atoms with Crippen LogP contribution in [-0.2, 0) is 98.0 Å². The van der Waals surface area contributed by atoms with Gasteiger partial charge in [-0.05, 0) is 129 Å². The largest absolute Gasteiger partial charge is 0.381 e. The molecule has 4 aromatic rings. The van der Waals surface area contributed by atoms with Gasteiger partial charge in [0.05, 0.1) is 77.1 Å². The van der Waals surface area contributed by atoms with Crippen molar-refractivity contribution in [2.24, 2.45) is 5.41 Å². The van der Waals surface area contributed by atoms with E-state index in [1.54, 1.807) is 34.6 Å². The van der Waals surface area contributed by atoms with Crippen LogP contribution in [0.15, 0.2) is 57.9 Å². The third-order valence-electron chi connectivity index (χ3n) is 17.1. The lowest BCUT2D eigenvalue weighted by Gasteiger charge is -2.35. The summed E-state index contributed by atoms with van der Waals surface area (Å²) in [5.74, 6) is -0.906. The Morgan fingerprint density at radius 2 is 0.755 bits per heavy atom. The average molecular weight is 1550 g/mol. The van der Waals surface area contributed by atoms with Gasteiger partial charge in [0, 0.05) is 67.2 Å². The molecule has 4 aliphatic heterocycles. The molecule has 26 nitrogen and oxygen atoms in total. The van der Waals surface area contributed by atoms with E-state index in [9.17, 15) is 67.3 Å². The first kappa shape index (κ1) is 77.7. The second kappa shape index (κ2) is 30.7. The third kappa shape index (κ3) is 16.8. The van der Waals surface area contributed by atoms with Crippen molar-refractivity contribution in [3.63, 3.8) is 0 Å². The Morgan fingerprint density at radius 1 is 0.457 bits per heavy atom. The zero-order chi connectivity index (χ0) is 69.3. The molecule has 0 fully saturated rings. The molecular weight excluding hydrogens is 1460 g/mol. The van der Waals surface area contributed by atoms with E-state index in [1.807, 2.05) is 27.7 Å². The number of fused-ring (bicyclic) bond motifs is 4. The zero-order valence-electron chi connectivity index (χ0n) is 54.0. The van der Waals surface area contributed by atoms with Crippen LogP contribution in [0.3, 0.4) is 0 Å². The Hall–Kier alpha value is -2.00. The van der Waals surface area contributed by atoms with Crippen molar-refractivity contribution in [1.29, 1.82) is 0 Å². The van der Waals surface area contributed by atoms with Crippen LogP contribution in [0, 0.1) is 5.41 Å². The summed E-state index contributed by atoms with van der Waals surface area (Å²) in [4.78, 5) is 0. The van der Waals surface area contributed by atoms with Crippen LogP contribution < -0.4 is 30.7 Å². The molecule has 6 N–H and O–H groups in total. The molecule has 4 aromatic heterocycles. The summed E-state index contributed by atoms with van der Waals surface area (Å²) in [6.07, 6.45) is 0.813. The third-order valence-corrected chi connectivity index (χ3v) is 41.6. The molecule has 0 saturated carbocycles. The number of thiophene rings is 4. The molecule has 534 valence electrons. The van der Waals surface area contributed by atoms with Crippen molar-refractivity contribution in [3.05, 3.63) is 46.5 Å². The molecular formula is C56H88N6O20S12. The van der Waals surface area contributed by atoms with Crippen LogP contribution >= 0.6 is 45.3 Å². The summed E-state index contributed by atoms with van der Waals surface area (Å²) in [5, 5.41) is 10.7. The van der Waals surface area contributed by atoms with Crippen LogP contribution in [0.5, 0.6) is 0 Å². The molecule has 0 bridgehead atoms. The van der Waals surface area contributed by atoms with Crippen LogP contribution in [-0.4, -0.2) is 191 Å². The molecule has 94 heavy (non-hydrogen) atoms. The summed E-state index contributed by atoms with van der Waals surface area (Å²) in [6, 6.07) is 3.96. The topological polar surface area (TPSA) is 382 Å². The van der Waals surface area contributed by atoms with E-state index in [-0.39, 0.29) is 144 Å². The predicted molar refractivity (Wildman–Crippen MR) is 362 cm³/mol. The van der Waals surface area contributed by atoms with Gasteiger partial charge < -0.3 is 40.2 Å². The fourth-order valence-electron chi connectivity index (χ4n) is 11.8. The Morgan fingerprint density at radius 3 is 1.11 bits per heavy atom. The van der Waals surface area contributed by atoms with Gasteiger partial charge in [-0.25, -0.2) is 76.8 Å². The van der Waals surface area contributed by atoms with E-state index >= 15 is 0 Å². The number of ether oxygens (including phenoxy) is 4. The maximum Gasteiger partial charge on any atom is 0.250 e. The second-order valence-corrected chi connectivity index (χ2v) is 48.1. The minimum Gasteiger partial charge on any atom is -0.381 e. The standard InChI is InChI=1S/C56H88N6O20S12/c1-10-57-43-24-36(5)89(67,68)51-39(43)27-47(83-51)87(63,64)22-14-18-79-32-56(34-81-20-16-61-93(75,76)49-29-40-44(58-11-2)25-37(6)90(69,70)52(40)85-49,35-82-21-17-62-94(77,78)50-30-41-45(59-12-3)26-38(7)91(71,72)53(41)86-50)33-80-19-15-23-88(65,66)48-28-42-46(60-13-4)31-55(8,9)92(73,74)54(42)84-48/h27-30,36-38,43-46,57-62H,10-26,31-35H2,1-9H3/t36-,37-,38-,43-,44-,45-,46-/m0/s1. The van der Waals surface area contributed by atoms with E-state index in [0.29, 0.717) is 93.8 Å².